The maximum atomic E-state index is 12.1. The molecular weight excluding hydrogens is 302 g/mol. The molecule has 1 saturated heterocycles. The summed E-state index contributed by atoms with van der Waals surface area (Å²) in [6, 6.07) is 7.68. The van der Waals surface area contributed by atoms with Crippen LogP contribution < -0.4 is 11.1 Å². The highest BCUT2D eigenvalue weighted by Crippen LogP contribution is 2.18. The molecule has 5 nitrogen and oxygen atoms in total. The molecule has 0 saturated carbocycles. The lowest BCUT2D eigenvalue weighted by Gasteiger charge is -2.37. The molecule has 0 bridgehead atoms. The van der Waals surface area contributed by atoms with Gasteiger partial charge in [-0.25, -0.2) is 0 Å². The predicted octanol–water partition coefficient (Wildman–Crippen LogP) is 1.39. The van der Waals surface area contributed by atoms with E-state index in [1.54, 1.807) is 7.11 Å². The minimum atomic E-state index is 0.0178. The Labute approximate surface area is 136 Å². The lowest BCUT2D eigenvalue weighted by molar-refractivity contribution is -0.124. The van der Waals surface area contributed by atoms with Crippen LogP contribution in [-0.4, -0.2) is 49.7 Å². The van der Waals surface area contributed by atoms with Crippen LogP contribution in [0, 0.1) is 0 Å². The molecule has 1 aliphatic heterocycles. The largest absolute Gasteiger partial charge is 0.381 e. The molecule has 2 rings (SSSR count). The number of likely N-dealkylation sites (tertiary alicyclic amines) is 1. The van der Waals surface area contributed by atoms with Crippen molar-refractivity contribution < 1.29 is 9.53 Å². The topological polar surface area (TPSA) is 67.6 Å². The third-order valence-corrected chi connectivity index (χ3v) is 4.40. The van der Waals surface area contributed by atoms with E-state index in [1.807, 2.05) is 24.3 Å². The van der Waals surface area contributed by atoms with Crippen LogP contribution in [0.1, 0.15) is 18.4 Å². The van der Waals surface area contributed by atoms with Crippen molar-refractivity contribution in [1.82, 2.24) is 10.2 Å². The molecule has 1 aromatic carbocycles. The zero-order chi connectivity index (χ0) is 15.9. The SMILES string of the molecule is COC1CCN(CC(=O)NCc2ccc(Cl)cc2)C(CN)C1. The highest BCUT2D eigenvalue weighted by Gasteiger charge is 2.28. The van der Waals surface area contributed by atoms with E-state index in [1.165, 1.54) is 0 Å². The number of benzene rings is 1. The van der Waals surface area contributed by atoms with E-state index in [-0.39, 0.29) is 18.1 Å². The van der Waals surface area contributed by atoms with Gasteiger partial charge in [-0.05, 0) is 30.5 Å². The summed E-state index contributed by atoms with van der Waals surface area (Å²) in [5.74, 6) is 0.0178. The standard InChI is InChI=1S/C16H24ClN3O2/c1-22-15-6-7-20(14(8-15)9-18)11-16(21)19-10-12-2-4-13(17)5-3-12/h2-5,14-15H,6-11,18H2,1H3,(H,19,21). The number of ether oxygens (including phenoxy) is 1. The van der Waals surface area contributed by atoms with E-state index in [4.69, 9.17) is 22.1 Å². The Hall–Kier alpha value is -1.14. The molecule has 2 unspecified atom stereocenters. The number of halogens is 1. The first-order valence-corrected chi connectivity index (χ1v) is 7.98. The Bertz CT molecular complexity index is 481. The molecule has 1 amide bonds. The fourth-order valence-corrected chi connectivity index (χ4v) is 2.90. The van der Waals surface area contributed by atoms with Crippen LogP contribution in [0.25, 0.3) is 0 Å². The van der Waals surface area contributed by atoms with E-state index in [9.17, 15) is 4.79 Å². The number of hydrogen-bond acceptors (Lipinski definition) is 4. The normalized spacial score (nSPS) is 22.5. The summed E-state index contributed by atoms with van der Waals surface area (Å²) in [5.41, 5.74) is 6.86. The van der Waals surface area contributed by atoms with Crippen LogP contribution in [0.3, 0.4) is 0 Å². The summed E-state index contributed by atoms with van der Waals surface area (Å²) < 4.78 is 5.40. The molecule has 1 aromatic rings. The fraction of sp³-hybridized carbons (Fsp3) is 0.562. The zero-order valence-corrected chi connectivity index (χ0v) is 13.7. The van der Waals surface area contributed by atoms with Gasteiger partial charge in [0.05, 0.1) is 12.6 Å². The van der Waals surface area contributed by atoms with Crippen LogP contribution in [0.4, 0.5) is 0 Å². The summed E-state index contributed by atoms with van der Waals surface area (Å²) >= 11 is 5.84. The summed E-state index contributed by atoms with van der Waals surface area (Å²) in [7, 11) is 1.73. The smallest absolute Gasteiger partial charge is 0.234 e. The van der Waals surface area contributed by atoms with Crippen molar-refractivity contribution in [2.75, 3.05) is 26.7 Å². The zero-order valence-electron chi connectivity index (χ0n) is 12.9. The summed E-state index contributed by atoms with van der Waals surface area (Å²) in [6.45, 7) is 2.28. The predicted molar refractivity (Wildman–Crippen MR) is 87.7 cm³/mol. The van der Waals surface area contributed by atoms with E-state index in [2.05, 4.69) is 10.2 Å². The molecular formula is C16H24ClN3O2. The molecule has 1 aliphatic rings. The Balaban J connectivity index is 1.79. The second kappa shape index (κ2) is 8.48. The first-order valence-electron chi connectivity index (χ1n) is 7.60. The van der Waals surface area contributed by atoms with Crippen molar-refractivity contribution in [3.05, 3.63) is 34.9 Å². The Morgan fingerprint density at radius 3 is 2.82 bits per heavy atom. The van der Waals surface area contributed by atoms with Gasteiger partial charge in [0.1, 0.15) is 0 Å². The third-order valence-electron chi connectivity index (χ3n) is 4.14. The maximum absolute atomic E-state index is 12.1. The maximum Gasteiger partial charge on any atom is 0.234 e. The second-order valence-corrected chi connectivity index (χ2v) is 6.08. The number of hydrogen-bond donors (Lipinski definition) is 2. The van der Waals surface area contributed by atoms with Crippen molar-refractivity contribution >= 4 is 17.5 Å². The molecule has 1 fully saturated rings. The lowest BCUT2D eigenvalue weighted by atomic mass is 9.99. The number of nitrogens with one attached hydrogen (secondary N) is 1. The van der Waals surface area contributed by atoms with Gasteiger partial charge in [0.15, 0.2) is 0 Å². The molecule has 3 N–H and O–H groups in total. The summed E-state index contributed by atoms with van der Waals surface area (Å²) in [4.78, 5) is 14.3. The van der Waals surface area contributed by atoms with Crippen molar-refractivity contribution in [2.45, 2.75) is 31.5 Å². The minimum absolute atomic E-state index is 0.0178. The molecule has 6 heteroatoms. The van der Waals surface area contributed by atoms with E-state index >= 15 is 0 Å². The van der Waals surface area contributed by atoms with Gasteiger partial charge in [0.25, 0.3) is 0 Å². The van der Waals surface area contributed by atoms with Gasteiger partial charge in [0, 0.05) is 37.8 Å². The summed E-state index contributed by atoms with van der Waals surface area (Å²) in [6.07, 6.45) is 2.08. The molecule has 22 heavy (non-hydrogen) atoms. The Morgan fingerprint density at radius 2 is 2.18 bits per heavy atom. The number of carbonyl (C=O) groups is 1. The van der Waals surface area contributed by atoms with Crippen molar-refractivity contribution in [3.63, 3.8) is 0 Å². The number of rotatable bonds is 6. The van der Waals surface area contributed by atoms with Gasteiger partial charge in [-0.3, -0.25) is 9.69 Å². The monoisotopic (exact) mass is 325 g/mol. The molecule has 1 heterocycles. The Kier molecular flexibility index (Phi) is 6.64. The fourth-order valence-electron chi connectivity index (χ4n) is 2.77. The number of amides is 1. The quantitative estimate of drug-likeness (QED) is 0.829. The number of carbonyl (C=O) groups excluding carboxylic acids is 1. The van der Waals surface area contributed by atoms with Crippen LogP contribution in [0.2, 0.25) is 5.02 Å². The average Bonchev–Trinajstić information content (AvgIpc) is 2.54. The van der Waals surface area contributed by atoms with Crippen LogP contribution >= 0.6 is 11.6 Å². The van der Waals surface area contributed by atoms with Gasteiger partial charge >= 0.3 is 0 Å². The number of nitrogens with zero attached hydrogens (tertiary/aromatic N) is 1. The second-order valence-electron chi connectivity index (χ2n) is 5.65. The van der Waals surface area contributed by atoms with Crippen molar-refractivity contribution in [1.29, 1.82) is 0 Å². The molecule has 122 valence electrons. The first kappa shape index (κ1) is 17.2. The van der Waals surface area contributed by atoms with Gasteiger partial charge in [0.2, 0.25) is 5.91 Å². The van der Waals surface area contributed by atoms with Gasteiger partial charge in [-0.15, -0.1) is 0 Å². The summed E-state index contributed by atoms with van der Waals surface area (Å²) in [5, 5.41) is 3.64. The molecule has 0 radical (unpaired) electrons. The highest BCUT2D eigenvalue weighted by atomic mass is 35.5. The minimum Gasteiger partial charge on any atom is -0.381 e. The van der Waals surface area contributed by atoms with E-state index in [0.717, 1.165) is 24.9 Å². The van der Waals surface area contributed by atoms with E-state index < -0.39 is 0 Å². The van der Waals surface area contributed by atoms with Gasteiger partial charge in [-0.2, -0.15) is 0 Å². The lowest BCUT2D eigenvalue weighted by Crippen LogP contribution is -2.51. The molecule has 0 spiro atoms. The molecule has 0 aliphatic carbocycles. The molecule has 0 aromatic heterocycles. The number of methoxy groups -OCH3 is 1. The van der Waals surface area contributed by atoms with Crippen LogP contribution in [0.5, 0.6) is 0 Å². The van der Waals surface area contributed by atoms with Crippen molar-refractivity contribution in [3.8, 4) is 0 Å². The first-order chi connectivity index (χ1) is 10.6. The van der Waals surface area contributed by atoms with Gasteiger partial charge < -0.3 is 15.8 Å². The van der Waals surface area contributed by atoms with Crippen LogP contribution in [0.15, 0.2) is 24.3 Å². The third kappa shape index (κ3) is 4.95. The Morgan fingerprint density at radius 1 is 1.45 bits per heavy atom. The van der Waals surface area contributed by atoms with Crippen molar-refractivity contribution in [2.24, 2.45) is 5.73 Å². The average molecular weight is 326 g/mol. The van der Waals surface area contributed by atoms with Gasteiger partial charge in [-0.1, -0.05) is 23.7 Å². The number of nitrogens with two attached hydrogens (primary N) is 1. The highest BCUT2D eigenvalue weighted by molar-refractivity contribution is 6.30. The van der Waals surface area contributed by atoms with Crippen LogP contribution in [-0.2, 0) is 16.1 Å². The van der Waals surface area contributed by atoms with E-state index in [0.29, 0.717) is 24.7 Å². The molecule has 2 atom stereocenters. The number of piperidine rings is 1.